The molecule has 0 aromatic rings. The van der Waals surface area contributed by atoms with Crippen LogP contribution in [-0.4, -0.2) is 35.1 Å². The second-order valence-electron chi connectivity index (χ2n) is 2.84. The molecular formula is C10H20N2O5. The minimum Gasteiger partial charge on any atom is -0.481 e. The first-order valence-electron chi connectivity index (χ1n) is 4.70. The first kappa shape index (κ1) is 20.5. The van der Waals surface area contributed by atoms with E-state index in [0.717, 1.165) is 0 Å². The van der Waals surface area contributed by atoms with Crippen LogP contribution in [0.1, 0.15) is 19.8 Å². The van der Waals surface area contributed by atoms with Gasteiger partial charge in [-0.1, -0.05) is 19.9 Å². The largest absolute Gasteiger partial charge is 0.481 e. The molecule has 0 aliphatic carbocycles. The highest BCUT2D eigenvalue weighted by Crippen LogP contribution is 2.05. The molecular weight excluding hydrogens is 228 g/mol. The third-order valence-electron chi connectivity index (χ3n) is 1.61. The molecule has 6 N–H and O–H groups in total. The van der Waals surface area contributed by atoms with E-state index < -0.39 is 17.9 Å². The summed E-state index contributed by atoms with van der Waals surface area (Å²) in [6.07, 6.45) is 1.99. The van der Waals surface area contributed by atoms with Crippen molar-refractivity contribution in [3.8, 4) is 0 Å². The number of nitrogens with one attached hydrogen (secondary N) is 1. The Kier molecular flexibility index (Phi) is 14.7. The van der Waals surface area contributed by atoms with Crippen LogP contribution in [0.4, 0.5) is 0 Å². The maximum Gasteiger partial charge on any atom is 0.317 e. The summed E-state index contributed by atoms with van der Waals surface area (Å²) in [5.41, 5.74) is 0. The average molecular weight is 248 g/mol. The van der Waals surface area contributed by atoms with E-state index in [0.29, 0.717) is 6.42 Å². The second-order valence-corrected chi connectivity index (χ2v) is 2.84. The van der Waals surface area contributed by atoms with Crippen LogP contribution >= 0.6 is 0 Å². The van der Waals surface area contributed by atoms with Gasteiger partial charge in [-0.3, -0.25) is 14.4 Å². The summed E-state index contributed by atoms with van der Waals surface area (Å²) in [5.74, 6) is -3.89. The molecule has 0 atom stereocenters. The van der Waals surface area contributed by atoms with Gasteiger partial charge in [0.2, 0.25) is 5.91 Å². The summed E-state index contributed by atoms with van der Waals surface area (Å²) in [6, 6.07) is 0. The van der Waals surface area contributed by atoms with Crippen molar-refractivity contribution in [3.63, 3.8) is 0 Å². The molecule has 0 bridgehead atoms. The number of rotatable bonds is 5. The van der Waals surface area contributed by atoms with Crippen molar-refractivity contribution in [1.82, 2.24) is 11.5 Å². The summed E-state index contributed by atoms with van der Waals surface area (Å²) in [7, 11) is 1.56. The Morgan fingerprint density at radius 2 is 1.71 bits per heavy atom. The number of aliphatic carboxylic acids is 2. The lowest BCUT2D eigenvalue weighted by Crippen LogP contribution is -2.22. The van der Waals surface area contributed by atoms with Crippen molar-refractivity contribution in [2.45, 2.75) is 19.8 Å². The molecule has 0 heterocycles. The van der Waals surface area contributed by atoms with Gasteiger partial charge in [0.05, 0.1) is 0 Å². The Balaban J connectivity index is -0.000000244. The van der Waals surface area contributed by atoms with Gasteiger partial charge in [0.1, 0.15) is 0 Å². The topological polar surface area (TPSA) is 139 Å². The number of likely N-dealkylation sites (N-methyl/N-ethyl adjacent to an activating group) is 1. The molecule has 100 valence electrons. The maximum absolute atomic E-state index is 10.2. The third-order valence-corrected chi connectivity index (χ3v) is 1.61. The summed E-state index contributed by atoms with van der Waals surface area (Å²) in [6.45, 7) is 4.97. The van der Waals surface area contributed by atoms with E-state index >= 15 is 0 Å². The Hall–Kier alpha value is -1.89. The minimum absolute atomic E-state index is 0. The molecule has 1 amide bonds. The number of carbonyl (C=O) groups excluding carboxylic acids is 1. The smallest absolute Gasteiger partial charge is 0.317 e. The van der Waals surface area contributed by atoms with Gasteiger partial charge in [0.25, 0.3) is 0 Å². The fourth-order valence-electron chi connectivity index (χ4n) is 0.743. The average Bonchev–Trinajstić information content (AvgIpc) is 2.24. The molecule has 0 rings (SSSR count). The van der Waals surface area contributed by atoms with Crippen molar-refractivity contribution >= 4 is 17.8 Å². The molecule has 0 aliphatic heterocycles. The molecule has 0 saturated carbocycles. The number of amides is 1. The zero-order chi connectivity index (χ0) is 13.1. The van der Waals surface area contributed by atoms with Crippen LogP contribution in [0.25, 0.3) is 0 Å². The molecule has 0 fully saturated rings. The van der Waals surface area contributed by atoms with Gasteiger partial charge in [-0.25, -0.2) is 0 Å². The van der Waals surface area contributed by atoms with Crippen LogP contribution in [0.2, 0.25) is 0 Å². The fourth-order valence-corrected chi connectivity index (χ4v) is 0.743. The zero-order valence-corrected chi connectivity index (χ0v) is 10.1. The van der Waals surface area contributed by atoms with Gasteiger partial charge >= 0.3 is 11.9 Å². The molecule has 0 unspecified atom stereocenters. The standard InChI is InChI=1S/C6H10O4.C4H7NO.H3N/c1-2-3-4(5(7)8)6(9)10;1-3-4(6)5-2;/h4H,2-3H2,1H3,(H,7,8)(H,9,10);3H,1H2,2H3,(H,5,6);1H3. The molecule has 0 radical (unpaired) electrons. The molecule has 7 nitrogen and oxygen atoms in total. The number of carbonyl (C=O) groups is 3. The number of hydrogen-bond acceptors (Lipinski definition) is 4. The van der Waals surface area contributed by atoms with Crippen molar-refractivity contribution in [1.29, 1.82) is 0 Å². The van der Waals surface area contributed by atoms with Crippen molar-refractivity contribution < 1.29 is 24.6 Å². The fraction of sp³-hybridized carbons (Fsp3) is 0.500. The normalized spacial score (nSPS) is 8.18. The Labute approximate surface area is 100 Å². The second kappa shape index (κ2) is 12.2. The van der Waals surface area contributed by atoms with Crippen molar-refractivity contribution in [2.24, 2.45) is 5.92 Å². The van der Waals surface area contributed by atoms with Crippen LogP contribution in [0.3, 0.4) is 0 Å². The Morgan fingerprint density at radius 1 is 1.29 bits per heavy atom. The van der Waals surface area contributed by atoms with E-state index in [4.69, 9.17) is 10.2 Å². The first-order valence-corrected chi connectivity index (χ1v) is 4.70. The molecule has 0 saturated heterocycles. The van der Waals surface area contributed by atoms with Crippen LogP contribution in [-0.2, 0) is 14.4 Å². The van der Waals surface area contributed by atoms with Crippen LogP contribution in [0.15, 0.2) is 12.7 Å². The minimum atomic E-state index is -1.26. The molecule has 0 aromatic carbocycles. The van der Waals surface area contributed by atoms with Gasteiger partial charge < -0.3 is 21.7 Å². The summed E-state index contributed by atoms with van der Waals surface area (Å²) < 4.78 is 0. The number of carboxylic acid groups (broad SMARTS) is 2. The summed E-state index contributed by atoms with van der Waals surface area (Å²) >= 11 is 0. The highest BCUT2D eigenvalue weighted by atomic mass is 16.4. The Bertz CT molecular complexity index is 251. The van der Waals surface area contributed by atoms with E-state index in [-0.39, 0.29) is 18.5 Å². The quantitative estimate of drug-likeness (QED) is 0.416. The van der Waals surface area contributed by atoms with E-state index in [9.17, 15) is 14.4 Å². The predicted octanol–water partition coefficient (Wildman–Crippen LogP) is 0.652. The molecule has 0 aromatic heterocycles. The van der Waals surface area contributed by atoms with Gasteiger partial charge in [0, 0.05) is 7.05 Å². The zero-order valence-electron chi connectivity index (χ0n) is 10.1. The maximum atomic E-state index is 10.2. The number of hydrogen-bond donors (Lipinski definition) is 4. The highest BCUT2D eigenvalue weighted by molar-refractivity contribution is 5.92. The first-order chi connectivity index (χ1) is 7.40. The number of carboxylic acids is 2. The van der Waals surface area contributed by atoms with E-state index in [1.54, 1.807) is 14.0 Å². The third kappa shape index (κ3) is 12.0. The summed E-state index contributed by atoms with van der Waals surface area (Å²) in [5, 5.41) is 18.9. The lowest BCUT2D eigenvalue weighted by molar-refractivity contribution is -0.154. The SMILES string of the molecule is C=CC(=O)NC.CCCC(C(=O)O)C(=O)O.N. The molecule has 17 heavy (non-hydrogen) atoms. The molecule has 7 heteroatoms. The predicted molar refractivity (Wildman–Crippen MR) is 63.0 cm³/mol. The highest BCUT2D eigenvalue weighted by Gasteiger charge is 2.23. The Morgan fingerprint density at radius 3 is 1.76 bits per heavy atom. The van der Waals surface area contributed by atoms with Crippen molar-refractivity contribution in [2.75, 3.05) is 7.05 Å². The van der Waals surface area contributed by atoms with Gasteiger partial charge in [0.15, 0.2) is 5.92 Å². The van der Waals surface area contributed by atoms with Crippen LogP contribution in [0, 0.1) is 5.92 Å². The van der Waals surface area contributed by atoms with E-state index in [1.807, 2.05) is 0 Å². The lowest BCUT2D eigenvalue weighted by atomic mass is 10.1. The van der Waals surface area contributed by atoms with Gasteiger partial charge in [-0.15, -0.1) is 0 Å². The summed E-state index contributed by atoms with van der Waals surface area (Å²) in [4.78, 5) is 30.3. The van der Waals surface area contributed by atoms with Crippen LogP contribution in [0.5, 0.6) is 0 Å². The van der Waals surface area contributed by atoms with Crippen molar-refractivity contribution in [3.05, 3.63) is 12.7 Å². The molecule has 0 spiro atoms. The van der Waals surface area contributed by atoms with Crippen LogP contribution < -0.4 is 11.5 Å². The van der Waals surface area contributed by atoms with E-state index in [2.05, 4.69) is 11.9 Å². The van der Waals surface area contributed by atoms with Gasteiger partial charge in [-0.05, 0) is 12.5 Å². The van der Waals surface area contributed by atoms with Gasteiger partial charge in [-0.2, -0.15) is 0 Å². The monoisotopic (exact) mass is 248 g/mol. The molecule has 0 aliphatic rings. The lowest BCUT2D eigenvalue weighted by Gasteiger charge is -2.02. The van der Waals surface area contributed by atoms with E-state index in [1.165, 1.54) is 6.08 Å².